The van der Waals surface area contributed by atoms with Gasteiger partial charge in [0.2, 0.25) is 0 Å². The highest BCUT2D eigenvalue weighted by Gasteiger charge is 2.41. The van der Waals surface area contributed by atoms with Gasteiger partial charge in [-0.15, -0.1) is 0 Å². The summed E-state index contributed by atoms with van der Waals surface area (Å²) >= 11 is 4.58. The van der Waals surface area contributed by atoms with Crippen molar-refractivity contribution in [3.05, 3.63) is 139 Å². The molecule has 36 heavy (non-hydrogen) atoms. The molecule has 6 heteroatoms. The lowest BCUT2D eigenvalue weighted by Gasteiger charge is -2.45. The third-order valence-electron chi connectivity index (χ3n) is 6.40. The van der Waals surface area contributed by atoms with Gasteiger partial charge in [-0.05, 0) is 105 Å². The Kier molecular flexibility index (Phi) is 7.62. The normalized spacial score (nSPS) is 17.7. The molecular formula is C30H24I2N2O2. The maximum atomic E-state index is 12.9. The first-order valence-corrected chi connectivity index (χ1v) is 13.8. The molecule has 0 spiro atoms. The van der Waals surface area contributed by atoms with E-state index in [-0.39, 0.29) is 6.04 Å². The average Bonchev–Trinajstić information content (AvgIpc) is 2.91. The molecule has 2 unspecified atom stereocenters. The van der Waals surface area contributed by atoms with Crippen LogP contribution in [0.5, 0.6) is 0 Å². The van der Waals surface area contributed by atoms with Gasteiger partial charge in [-0.3, -0.25) is 0 Å². The van der Waals surface area contributed by atoms with E-state index in [9.17, 15) is 9.90 Å². The van der Waals surface area contributed by atoms with Crippen molar-refractivity contribution >= 4 is 62.5 Å². The zero-order chi connectivity index (χ0) is 25.1. The van der Waals surface area contributed by atoms with E-state index in [0.717, 1.165) is 35.3 Å². The zero-order valence-electron chi connectivity index (χ0n) is 19.3. The molecule has 2 N–H and O–H groups in total. The monoisotopic (exact) mass is 698 g/mol. The average molecular weight is 698 g/mol. The molecule has 0 aliphatic carbocycles. The zero-order valence-corrected chi connectivity index (χ0v) is 23.6. The lowest BCUT2D eigenvalue weighted by Crippen LogP contribution is -2.41. The highest BCUT2D eigenvalue weighted by atomic mass is 127. The summed E-state index contributed by atoms with van der Waals surface area (Å²) in [7, 11) is 0. The molecule has 0 radical (unpaired) electrons. The van der Waals surface area contributed by atoms with Gasteiger partial charge in [-0.1, -0.05) is 60.7 Å². The summed E-state index contributed by atoms with van der Waals surface area (Å²) in [5, 5.41) is 14.1. The largest absolute Gasteiger partial charge is 0.478 e. The van der Waals surface area contributed by atoms with Crippen LogP contribution in [0.2, 0.25) is 0 Å². The van der Waals surface area contributed by atoms with Crippen molar-refractivity contribution < 1.29 is 9.90 Å². The van der Waals surface area contributed by atoms with Crippen LogP contribution in [0.4, 0.5) is 11.4 Å². The number of anilines is 2. The number of hydrogen-bond acceptors (Lipinski definition) is 3. The second-order valence-corrected chi connectivity index (χ2v) is 11.1. The van der Waals surface area contributed by atoms with Crippen LogP contribution in [0.1, 0.15) is 29.6 Å². The van der Waals surface area contributed by atoms with E-state index in [1.807, 2.05) is 72.8 Å². The molecule has 0 aromatic heterocycles. The van der Waals surface area contributed by atoms with Gasteiger partial charge in [0.25, 0.3) is 0 Å². The molecule has 0 bridgehead atoms. The number of carboxylic acids is 1. The molecule has 1 aliphatic rings. The molecule has 1 aliphatic heterocycles. The first kappa shape index (κ1) is 24.8. The highest BCUT2D eigenvalue weighted by Crippen LogP contribution is 2.47. The van der Waals surface area contributed by atoms with Crippen molar-refractivity contribution in [2.24, 2.45) is 0 Å². The number of rotatable bonds is 6. The van der Waals surface area contributed by atoms with Crippen molar-refractivity contribution in [1.82, 2.24) is 0 Å². The molecule has 0 amide bonds. The predicted octanol–water partition coefficient (Wildman–Crippen LogP) is 8.04. The van der Waals surface area contributed by atoms with Crippen LogP contribution in [0, 0.1) is 7.14 Å². The van der Waals surface area contributed by atoms with Gasteiger partial charge >= 0.3 is 5.97 Å². The number of carboxylic acid groups (broad SMARTS) is 1. The van der Waals surface area contributed by atoms with Crippen LogP contribution in [0.25, 0.3) is 0 Å². The fourth-order valence-corrected chi connectivity index (χ4v) is 5.54. The summed E-state index contributed by atoms with van der Waals surface area (Å²) in [4.78, 5) is 15.2. The third-order valence-corrected chi connectivity index (χ3v) is 7.84. The first-order valence-electron chi connectivity index (χ1n) is 11.6. The Morgan fingerprint density at radius 3 is 1.83 bits per heavy atom. The topological polar surface area (TPSA) is 52.6 Å². The maximum Gasteiger partial charge on any atom is 0.335 e. The van der Waals surface area contributed by atoms with E-state index in [1.54, 1.807) is 0 Å². The molecule has 180 valence electrons. The van der Waals surface area contributed by atoms with E-state index in [2.05, 4.69) is 91.8 Å². The SMILES string of the molecule is O=C(O)C1=C(Nc2ccc(I)cc2)CC(c2ccccc2)N(c2ccc(I)cc2)C1c1ccccc1. The molecular weight excluding hydrogens is 674 g/mol. The minimum Gasteiger partial charge on any atom is -0.478 e. The van der Waals surface area contributed by atoms with Gasteiger partial charge in [-0.25, -0.2) is 4.79 Å². The number of carbonyl (C=O) groups is 1. The Bertz CT molecular complexity index is 1370. The Hall–Kier alpha value is -2.85. The van der Waals surface area contributed by atoms with Gasteiger partial charge < -0.3 is 15.3 Å². The number of benzene rings is 4. The minimum absolute atomic E-state index is 0.0640. The van der Waals surface area contributed by atoms with Crippen molar-refractivity contribution in [3.63, 3.8) is 0 Å². The Morgan fingerprint density at radius 1 is 0.750 bits per heavy atom. The summed E-state index contributed by atoms with van der Waals surface area (Å²) in [6.45, 7) is 0. The molecule has 4 aromatic carbocycles. The summed E-state index contributed by atoms with van der Waals surface area (Å²) in [6, 6.07) is 36.1. The quantitative estimate of drug-likeness (QED) is 0.200. The van der Waals surface area contributed by atoms with Gasteiger partial charge in [0, 0.05) is 30.6 Å². The van der Waals surface area contributed by atoms with E-state index in [4.69, 9.17) is 0 Å². The number of hydrogen-bond donors (Lipinski definition) is 2. The van der Waals surface area contributed by atoms with Crippen LogP contribution >= 0.6 is 45.2 Å². The third kappa shape index (κ3) is 5.29. The standard InChI is InChI=1S/C30H24I2N2O2/c31-22-11-15-24(16-12-22)33-26-19-27(20-7-3-1-4-8-20)34(25-17-13-23(32)14-18-25)29(28(26)30(35)36)21-9-5-2-6-10-21/h1-18,27,29,33H,19H2,(H,35,36). The lowest BCUT2D eigenvalue weighted by molar-refractivity contribution is -0.133. The van der Waals surface area contributed by atoms with Crippen molar-refractivity contribution in [1.29, 1.82) is 0 Å². The van der Waals surface area contributed by atoms with Crippen LogP contribution in [0.15, 0.2) is 120 Å². The van der Waals surface area contributed by atoms with Gasteiger partial charge in [-0.2, -0.15) is 0 Å². The first-order chi connectivity index (χ1) is 17.5. The summed E-state index contributed by atoms with van der Waals surface area (Å²) in [5.41, 5.74) is 5.05. The van der Waals surface area contributed by atoms with Gasteiger partial charge in [0.15, 0.2) is 0 Å². The molecule has 0 fully saturated rings. The lowest BCUT2D eigenvalue weighted by atomic mass is 9.84. The molecule has 4 aromatic rings. The van der Waals surface area contributed by atoms with Crippen molar-refractivity contribution in [3.8, 4) is 0 Å². The van der Waals surface area contributed by atoms with E-state index in [1.165, 1.54) is 0 Å². The van der Waals surface area contributed by atoms with Crippen LogP contribution in [-0.4, -0.2) is 11.1 Å². The maximum absolute atomic E-state index is 12.9. The van der Waals surface area contributed by atoms with Gasteiger partial charge in [0.1, 0.15) is 0 Å². The molecule has 1 heterocycles. The Labute approximate surface area is 238 Å². The number of halogens is 2. The van der Waals surface area contributed by atoms with E-state index in [0.29, 0.717) is 12.0 Å². The Balaban J connectivity index is 1.74. The number of nitrogens with one attached hydrogen (secondary N) is 1. The van der Waals surface area contributed by atoms with Crippen LogP contribution in [-0.2, 0) is 4.79 Å². The second kappa shape index (κ2) is 11.0. The molecule has 0 saturated carbocycles. The van der Waals surface area contributed by atoms with Crippen molar-refractivity contribution in [2.45, 2.75) is 18.5 Å². The van der Waals surface area contributed by atoms with E-state index >= 15 is 0 Å². The molecule has 4 nitrogen and oxygen atoms in total. The summed E-state index contributed by atoms with van der Waals surface area (Å²) < 4.78 is 2.26. The summed E-state index contributed by atoms with van der Waals surface area (Å²) in [6.07, 6.45) is 0.535. The van der Waals surface area contributed by atoms with Gasteiger partial charge in [0.05, 0.1) is 17.7 Å². The Morgan fingerprint density at radius 2 is 1.28 bits per heavy atom. The molecule has 0 saturated heterocycles. The number of nitrogens with zero attached hydrogens (tertiary/aromatic N) is 1. The van der Waals surface area contributed by atoms with Crippen LogP contribution < -0.4 is 10.2 Å². The fraction of sp³-hybridized carbons (Fsp3) is 0.100. The highest BCUT2D eigenvalue weighted by molar-refractivity contribution is 14.1. The molecule has 2 atom stereocenters. The number of aliphatic carboxylic acids is 1. The molecule has 5 rings (SSSR count). The van der Waals surface area contributed by atoms with Crippen molar-refractivity contribution in [2.75, 3.05) is 10.2 Å². The van der Waals surface area contributed by atoms with E-state index < -0.39 is 12.0 Å². The predicted molar refractivity (Wildman–Crippen MR) is 162 cm³/mol. The second-order valence-electron chi connectivity index (χ2n) is 8.66. The fourth-order valence-electron chi connectivity index (χ4n) is 4.82. The minimum atomic E-state index is -0.918. The summed E-state index contributed by atoms with van der Waals surface area (Å²) in [5.74, 6) is -0.918. The van der Waals surface area contributed by atoms with Crippen LogP contribution in [0.3, 0.4) is 0 Å². The smallest absolute Gasteiger partial charge is 0.335 e.